The topological polar surface area (TPSA) is 143 Å². The molecule has 0 aliphatic carbocycles. The molecule has 0 saturated heterocycles. The van der Waals surface area contributed by atoms with Crippen LogP contribution in [-0.2, 0) is 14.8 Å². The zero-order chi connectivity index (χ0) is 30.1. The van der Waals surface area contributed by atoms with Gasteiger partial charge in [0.05, 0.1) is 29.0 Å². The first-order valence-electron chi connectivity index (χ1n) is 12.3. The van der Waals surface area contributed by atoms with Crippen molar-refractivity contribution in [2.75, 3.05) is 22.9 Å². The molecule has 0 spiro atoms. The fourth-order valence-corrected chi connectivity index (χ4v) is 5.61. The third-order valence-corrected chi connectivity index (χ3v) is 8.10. The smallest absolute Gasteiger partial charge is 0.270 e. The molecule has 216 valence electrons. The molecule has 4 aromatic rings. The Kier molecular flexibility index (Phi) is 9.78. The Morgan fingerprint density at radius 3 is 2.29 bits per heavy atom. The molecule has 0 radical (unpaired) electrons. The van der Waals surface area contributed by atoms with Crippen molar-refractivity contribution in [1.82, 2.24) is 10.9 Å². The second-order valence-electron chi connectivity index (χ2n) is 8.58. The molecule has 0 aliphatic rings. The SMILES string of the molecule is COc1ccccc1NS(=O)(=O)c1cccc(C(=O)NNC(=O)c2ccccc2SCC(=O)Nc2ccc(F)cc2)c1. The van der Waals surface area contributed by atoms with E-state index in [1.165, 1.54) is 67.8 Å². The van der Waals surface area contributed by atoms with Crippen LogP contribution in [0.25, 0.3) is 0 Å². The lowest BCUT2D eigenvalue weighted by atomic mass is 10.2. The number of carbonyl (C=O) groups excluding carboxylic acids is 3. The highest BCUT2D eigenvalue weighted by Gasteiger charge is 2.19. The predicted molar refractivity (Wildman–Crippen MR) is 157 cm³/mol. The molecule has 0 heterocycles. The lowest BCUT2D eigenvalue weighted by Gasteiger charge is -2.13. The van der Waals surface area contributed by atoms with Crippen LogP contribution >= 0.6 is 11.8 Å². The van der Waals surface area contributed by atoms with Crippen molar-refractivity contribution < 1.29 is 31.9 Å². The zero-order valence-corrected chi connectivity index (χ0v) is 23.7. The van der Waals surface area contributed by atoms with E-state index in [-0.39, 0.29) is 33.4 Å². The van der Waals surface area contributed by atoms with Gasteiger partial charge in [0, 0.05) is 16.1 Å². The molecule has 0 aliphatic heterocycles. The lowest BCUT2D eigenvalue weighted by Crippen LogP contribution is -2.41. The fraction of sp³-hybridized carbons (Fsp3) is 0.0690. The Bertz CT molecular complexity index is 1720. The molecule has 0 atom stereocenters. The number of anilines is 2. The monoisotopic (exact) mass is 608 g/mol. The first-order chi connectivity index (χ1) is 20.2. The molecule has 13 heteroatoms. The van der Waals surface area contributed by atoms with E-state index < -0.39 is 27.7 Å². The summed E-state index contributed by atoms with van der Waals surface area (Å²) >= 11 is 1.10. The number of benzene rings is 4. The van der Waals surface area contributed by atoms with Gasteiger partial charge in [0.15, 0.2) is 0 Å². The number of methoxy groups -OCH3 is 1. The molecule has 0 saturated carbocycles. The molecule has 3 amide bonds. The molecule has 0 aromatic heterocycles. The summed E-state index contributed by atoms with van der Waals surface area (Å²) in [6.07, 6.45) is 0. The number of para-hydroxylation sites is 2. The Labute approximate surface area is 245 Å². The van der Waals surface area contributed by atoms with E-state index in [1.807, 2.05) is 0 Å². The third kappa shape index (κ3) is 7.86. The van der Waals surface area contributed by atoms with Crippen molar-refractivity contribution in [3.8, 4) is 5.75 Å². The maximum absolute atomic E-state index is 13.1. The van der Waals surface area contributed by atoms with Crippen molar-refractivity contribution in [3.05, 3.63) is 114 Å². The van der Waals surface area contributed by atoms with Gasteiger partial charge in [-0.05, 0) is 66.7 Å². The number of sulfonamides is 1. The number of nitrogens with one attached hydrogen (secondary N) is 4. The van der Waals surface area contributed by atoms with Crippen LogP contribution in [0.4, 0.5) is 15.8 Å². The Morgan fingerprint density at radius 2 is 1.52 bits per heavy atom. The summed E-state index contributed by atoms with van der Waals surface area (Å²) in [6.45, 7) is 0. The number of amides is 3. The quantitative estimate of drug-likeness (QED) is 0.154. The van der Waals surface area contributed by atoms with E-state index in [4.69, 9.17) is 4.74 Å². The molecule has 4 rings (SSSR count). The standard InChI is InChI=1S/C29H25FN4O6S2/c1-40-25-11-4-3-10-24(25)34-42(38,39)22-8-6-7-19(17-22)28(36)32-33-29(37)23-9-2-5-12-26(23)41-18-27(35)31-21-15-13-20(30)14-16-21/h2-17,34H,18H2,1H3,(H,31,35)(H,32,36)(H,33,37). The van der Waals surface area contributed by atoms with Crippen LogP contribution in [0.1, 0.15) is 20.7 Å². The summed E-state index contributed by atoms with van der Waals surface area (Å²) in [7, 11) is -2.65. The molecule has 42 heavy (non-hydrogen) atoms. The van der Waals surface area contributed by atoms with Crippen LogP contribution in [0.3, 0.4) is 0 Å². The van der Waals surface area contributed by atoms with E-state index in [9.17, 15) is 27.2 Å². The molecule has 10 nitrogen and oxygen atoms in total. The summed E-state index contributed by atoms with van der Waals surface area (Å²) in [4.78, 5) is 38.3. The van der Waals surface area contributed by atoms with Gasteiger partial charge in [-0.15, -0.1) is 11.8 Å². The van der Waals surface area contributed by atoms with Crippen LogP contribution < -0.4 is 25.6 Å². The van der Waals surface area contributed by atoms with Crippen LogP contribution in [0.5, 0.6) is 5.75 Å². The first kappa shape index (κ1) is 30.1. The third-order valence-electron chi connectivity index (χ3n) is 5.67. The van der Waals surface area contributed by atoms with Crippen molar-refractivity contribution in [1.29, 1.82) is 0 Å². The molecule has 4 aromatic carbocycles. The van der Waals surface area contributed by atoms with Gasteiger partial charge in [-0.25, -0.2) is 12.8 Å². The van der Waals surface area contributed by atoms with Gasteiger partial charge in [0.25, 0.3) is 21.8 Å². The van der Waals surface area contributed by atoms with Crippen LogP contribution in [0.15, 0.2) is 107 Å². The Hall–Kier alpha value is -4.88. The summed E-state index contributed by atoms with van der Waals surface area (Å²) in [5.41, 5.74) is 5.44. The minimum absolute atomic E-state index is 0.0154. The van der Waals surface area contributed by atoms with Gasteiger partial charge in [-0.1, -0.05) is 30.3 Å². The molecule has 0 bridgehead atoms. The second-order valence-corrected chi connectivity index (χ2v) is 11.3. The highest BCUT2D eigenvalue weighted by atomic mass is 32.2. The van der Waals surface area contributed by atoms with Crippen LogP contribution in [0.2, 0.25) is 0 Å². The maximum atomic E-state index is 13.1. The van der Waals surface area contributed by atoms with Crippen LogP contribution in [-0.4, -0.2) is 39.0 Å². The number of hydrogen-bond acceptors (Lipinski definition) is 7. The lowest BCUT2D eigenvalue weighted by molar-refractivity contribution is -0.113. The minimum Gasteiger partial charge on any atom is -0.495 e. The number of rotatable bonds is 10. The Morgan fingerprint density at radius 1 is 0.833 bits per heavy atom. The van der Waals surface area contributed by atoms with Gasteiger partial charge in [0.1, 0.15) is 11.6 Å². The highest BCUT2D eigenvalue weighted by Crippen LogP contribution is 2.26. The number of carbonyl (C=O) groups is 3. The molecule has 0 unspecified atom stereocenters. The number of hydrazine groups is 1. The van der Waals surface area contributed by atoms with Crippen molar-refractivity contribution in [2.45, 2.75) is 9.79 Å². The summed E-state index contributed by atoms with van der Waals surface area (Å²) in [6, 6.07) is 23.6. The summed E-state index contributed by atoms with van der Waals surface area (Å²) in [5.74, 6) is -1.88. The van der Waals surface area contributed by atoms with Gasteiger partial charge in [-0.3, -0.25) is 30.0 Å². The molecular formula is C29H25FN4O6S2. The number of ether oxygens (including phenoxy) is 1. The normalized spacial score (nSPS) is 10.8. The minimum atomic E-state index is -4.07. The van der Waals surface area contributed by atoms with Gasteiger partial charge >= 0.3 is 0 Å². The van der Waals surface area contributed by atoms with E-state index >= 15 is 0 Å². The van der Waals surface area contributed by atoms with Crippen molar-refractivity contribution >= 4 is 50.9 Å². The molecule has 4 N–H and O–H groups in total. The average Bonchev–Trinajstić information content (AvgIpc) is 3.00. The zero-order valence-electron chi connectivity index (χ0n) is 22.1. The van der Waals surface area contributed by atoms with Gasteiger partial charge in [0.2, 0.25) is 5.91 Å². The van der Waals surface area contributed by atoms with Crippen LogP contribution in [0, 0.1) is 5.82 Å². The number of hydrogen-bond donors (Lipinski definition) is 4. The Balaban J connectivity index is 1.37. The van der Waals surface area contributed by atoms with Crippen molar-refractivity contribution in [3.63, 3.8) is 0 Å². The predicted octanol–water partition coefficient (Wildman–Crippen LogP) is 4.44. The van der Waals surface area contributed by atoms with E-state index in [0.717, 1.165) is 11.8 Å². The molecule has 0 fully saturated rings. The molecular weight excluding hydrogens is 583 g/mol. The van der Waals surface area contributed by atoms with E-state index in [1.54, 1.807) is 36.4 Å². The maximum Gasteiger partial charge on any atom is 0.270 e. The van der Waals surface area contributed by atoms with E-state index in [0.29, 0.717) is 16.3 Å². The summed E-state index contributed by atoms with van der Waals surface area (Å²) in [5, 5.41) is 2.64. The second kappa shape index (κ2) is 13.7. The highest BCUT2D eigenvalue weighted by molar-refractivity contribution is 8.00. The first-order valence-corrected chi connectivity index (χ1v) is 14.8. The largest absolute Gasteiger partial charge is 0.495 e. The van der Waals surface area contributed by atoms with E-state index in [2.05, 4.69) is 20.9 Å². The number of thioether (sulfide) groups is 1. The van der Waals surface area contributed by atoms with Crippen molar-refractivity contribution in [2.24, 2.45) is 0 Å². The van der Waals surface area contributed by atoms with Gasteiger partial charge in [-0.2, -0.15) is 0 Å². The number of halogens is 1. The fourth-order valence-electron chi connectivity index (χ4n) is 3.64. The summed E-state index contributed by atoms with van der Waals surface area (Å²) < 4.78 is 46.6. The average molecular weight is 609 g/mol. The van der Waals surface area contributed by atoms with Gasteiger partial charge < -0.3 is 10.1 Å².